The number of aryl methyl sites for hydroxylation is 1. The van der Waals surface area contributed by atoms with Crippen molar-refractivity contribution in [1.82, 2.24) is 4.90 Å². The van der Waals surface area contributed by atoms with Crippen LogP contribution in [0.15, 0.2) is 145 Å². The SMILES string of the molecule is C1=CCC(N2C3C=C(C4C=CC5C6C=CC=CC6N(c6ccc7c8c(c9ccccc9c7c6)C=CCC8)C5C4)C=CC3C3C=CCCC32)C=C1. The lowest BCUT2D eigenvalue weighted by molar-refractivity contribution is 0.156. The summed E-state index contributed by atoms with van der Waals surface area (Å²) >= 11 is 0. The van der Waals surface area contributed by atoms with Crippen molar-refractivity contribution in [2.45, 2.75) is 68.7 Å². The van der Waals surface area contributed by atoms with Crippen LogP contribution in [0.2, 0.25) is 0 Å². The molecule has 2 heterocycles. The van der Waals surface area contributed by atoms with Gasteiger partial charge in [0, 0.05) is 59.4 Å². The molecule has 3 aromatic rings. The van der Waals surface area contributed by atoms with Gasteiger partial charge in [0.05, 0.1) is 6.04 Å². The molecule has 2 heteroatoms. The van der Waals surface area contributed by atoms with E-state index in [4.69, 9.17) is 0 Å². The maximum absolute atomic E-state index is 2.91. The van der Waals surface area contributed by atoms with E-state index in [1.54, 1.807) is 0 Å². The summed E-state index contributed by atoms with van der Waals surface area (Å²) in [6, 6.07) is 19.0. The first-order chi connectivity index (χ1) is 24.8. The number of hydrogen-bond donors (Lipinski definition) is 0. The van der Waals surface area contributed by atoms with E-state index in [-0.39, 0.29) is 0 Å². The molecule has 0 radical (unpaired) electrons. The molecule has 0 bridgehead atoms. The summed E-state index contributed by atoms with van der Waals surface area (Å²) in [4.78, 5) is 5.74. The Hall–Kier alpha value is -4.40. The molecule has 10 atom stereocenters. The molecule has 248 valence electrons. The molecule has 2 fully saturated rings. The van der Waals surface area contributed by atoms with Gasteiger partial charge in [-0.1, -0.05) is 134 Å². The Kier molecular flexibility index (Phi) is 6.79. The van der Waals surface area contributed by atoms with E-state index in [2.05, 4.69) is 156 Å². The number of allylic oxidation sites excluding steroid dienone is 9. The second-order valence-corrected chi connectivity index (χ2v) is 16.0. The van der Waals surface area contributed by atoms with E-state index < -0.39 is 0 Å². The summed E-state index contributed by atoms with van der Waals surface area (Å²) < 4.78 is 0. The molecule has 11 rings (SSSR count). The molecule has 0 N–H and O–H groups in total. The fraction of sp³-hybridized carbons (Fsp3) is 0.333. The van der Waals surface area contributed by atoms with Crippen LogP contribution in [-0.2, 0) is 6.42 Å². The predicted octanol–water partition coefficient (Wildman–Crippen LogP) is 10.5. The average Bonchev–Trinajstić information content (AvgIpc) is 3.70. The van der Waals surface area contributed by atoms with Gasteiger partial charge in [-0.05, 0) is 88.9 Å². The first kappa shape index (κ1) is 29.3. The van der Waals surface area contributed by atoms with Crippen molar-refractivity contribution < 1.29 is 0 Å². The van der Waals surface area contributed by atoms with Crippen molar-refractivity contribution in [1.29, 1.82) is 0 Å². The number of nitrogens with zero attached hydrogens (tertiary/aromatic N) is 2. The maximum atomic E-state index is 2.91. The number of anilines is 1. The van der Waals surface area contributed by atoms with Crippen LogP contribution in [-0.4, -0.2) is 35.1 Å². The lowest BCUT2D eigenvalue weighted by Crippen LogP contribution is -2.45. The molecule has 0 aromatic heterocycles. The fourth-order valence-electron chi connectivity index (χ4n) is 11.6. The van der Waals surface area contributed by atoms with Crippen molar-refractivity contribution in [3.63, 3.8) is 0 Å². The minimum Gasteiger partial charge on any atom is -0.361 e. The van der Waals surface area contributed by atoms with Crippen LogP contribution in [0.25, 0.3) is 27.6 Å². The number of rotatable bonds is 3. The van der Waals surface area contributed by atoms with Gasteiger partial charge in [-0.25, -0.2) is 0 Å². The monoisotopic (exact) mass is 650 g/mol. The third-order valence-electron chi connectivity index (χ3n) is 13.7. The minimum absolute atomic E-state index is 0.384. The van der Waals surface area contributed by atoms with Crippen LogP contribution in [0, 0.1) is 29.6 Å². The Morgan fingerprint density at radius 3 is 2.42 bits per heavy atom. The predicted molar refractivity (Wildman–Crippen MR) is 210 cm³/mol. The second-order valence-electron chi connectivity index (χ2n) is 16.0. The molecule has 8 aliphatic rings. The summed E-state index contributed by atoms with van der Waals surface area (Å²) in [6.45, 7) is 0. The maximum Gasteiger partial charge on any atom is 0.0548 e. The van der Waals surface area contributed by atoms with Gasteiger partial charge in [-0.3, -0.25) is 4.90 Å². The highest BCUT2D eigenvalue weighted by Gasteiger charge is 2.51. The van der Waals surface area contributed by atoms with Gasteiger partial charge in [0.1, 0.15) is 0 Å². The Balaban J connectivity index is 0.971. The van der Waals surface area contributed by atoms with E-state index in [9.17, 15) is 0 Å². The molecule has 2 nitrogen and oxygen atoms in total. The summed E-state index contributed by atoms with van der Waals surface area (Å²) in [5.41, 5.74) is 5.87. The molecule has 3 aromatic carbocycles. The Morgan fingerprint density at radius 2 is 1.48 bits per heavy atom. The Morgan fingerprint density at radius 1 is 0.600 bits per heavy atom. The van der Waals surface area contributed by atoms with Crippen LogP contribution < -0.4 is 4.90 Å². The largest absolute Gasteiger partial charge is 0.361 e. The van der Waals surface area contributed by atoms with E-state index in [1.807, 2.05) is 0 Å². The smallest absolute Gasteiger partial charge is 0.0548 e. The standard InChI is InChI=1S/C48H46N2/c1-2-12-33(13-3-1)49-45-20-10-8-18-40(45)42-25-22-31(28-47(42)49)32-23-26-43-41-19-9-11-21-46(41)50(48(43)29-32)34-24-27-39-37-16-5-4-14-35(37)36-15-6-7-17-38(36)44(39)30-34/h1-4,6-9,11-12,14-15,17-19,21-28,30,32-33,40-43,45-48H,5,10,13,16,20,29H2. The van der Waals surface area contributed by atoms with Gasteiger partial charge < -0.3 is 4.90 Å². The summed E-state index contributed by atoms with van der Waals surface area (Å²) in [5.74, 6) is 2.68. The first-order valence-electron chi connectivity index (χ1n) is 19.4. The molecule has 50 heavy (non-hydrogen) atoms. The number of hydrogen-bond acceptors (Lipinski definition) is 2. The van der Waals surface area contributed by atoms with Gasteiger partial charge in [-0.2, -0.15) is 0 Å². The lowest BCUT2D eigenvalue weighted by atomic mass is 9.74. The van der Waals surface area contributed by atoms with Crippen molar-refractivity contribution in [3.05, 3.63) is 156 Å². The van der Waals surface area contributed by atoms with Crippen molar-refractivity contribution >= 4 is 33.3 Å². The zero-order valence-electron chi connectivity index (χ0n) is 28.8. The molecular formula is C48H46N2. The average molecular weight is 651 g/mol. The number of benzene rings is 3. The molecule has 6 aliphatic carbocycles. The number of likely N-dealkylation sites (tertiary alicyclic amines) is 1. The normalized spacial score (nSPS) is 36.1. The van der Waals surface area contributed by atoms with Crippen molar-refractivity contribution in [2.75, 3.05) is 4.90 Å². The summed E-state index contributed by atoms with van der Waals surface area (Å²) in [5, 5.41) is 5.63. The molecule has 0 saturated carbocycles. The summed E-state index contributed by atoms with van der Waals surface area (Å²) in [7, 11) is 0. The zero-order valence-corrected chi connectivity index (χ0v) is 28.8. The fourth-order valence-corrected chi connectivity index (χ4v) is 11.6. The third kappa shape index (κ3) is 4.37. The highest BCUT2D eigenvalue weighted by Crippen LogP contribution is 2.51. The van der Waals surface area contributed by atoms with Crippen LogP contribution in [0.4, 0.5) is 5.69 Å². The highest BCUT2D eigenvalue weighted by atomic mass is 15.3. The first-order valence-corrected chi connectivity index (χ1v) is 19.4. The topological polar surface area (TPSA) is 6.48 Å². The summed E-state index contributed by atoms with van der Waals surface area (Å²) in [6.07, 6.45) is 48.7. The van der Waals surface area contributed by atoms with E-state index >= 15 is 0 Å². The van der Waals surface area contributed by atoms with E-state index in [1.165, 1.54) is 56.8 Å². The molecular weight excluding hydrogens is 605 g/mol. The molecule has 2 saturated heterocycles. The number of fused-ring (bicyclic) bond motifs is 12. The van der Waals surface area contributed by atoms with Gasteiger partial charge in [0.15, 0.2) is 0 Å². The Labute approximate surface area is 296 Å². The van der Waals surface area contributed by atoms with Crippen LogP contribution in [0.5, 0.6) is 0 Å². The van der Waals surface area contributed by atoms with Crippen LogP contribution in [0.1, 0.15) is 43.2 Å². The third-order valence-corrected chi connectivity index (χ3v) is 13.7. The van der Waals surface area contributed by atoms with Crippen LogP contribution >= 0.6 is 0 Å². The molecule has 10 unspecified atom stereocenters. The lowest BCUT2D eigenvalue weighted by Gasteiger charge is -2.39. The van der Waals surface area contributed by atoms with Gasteiger partial charge in [0.25, 0.3) is 0 Å². The zero-order chi connectivity index (χ0) is 32.8. The quantitative estimate of drug-likeness (QED) is 0.206. The van der Waals surface area contributed by atoms with Crippen molar-refractivity contribution in [3.8, 4) is 0 Å². The van der Waals surface area contributed by atoms with Gasteiger partial charge in [0.2, 0.25) is 0 Å². The molecule has 0 spiro atoms. The molecule has 2 aliphatic heterocycles. The highest BCUT2D eigenvalue weighted by molar-refractivity contribution is 6.13. The molecule has 0 amide bonds. The Bertz CT molecular complexity index is 2170. The second kappa shape index (κ2) is 11.6. The van der Waals surface area contributed by atoms with Gasteiger partial charge >= 0.3 is 0 Å². The van der Waals surface area contributed by atoms with E-state index in [0.717, 1.165) is 25.7 Å². The minimum atomic E-state index is 0.384. The van der Waals surface area contributed by atoms with Crippen molar-refractivity contribution in [2.24, 2.45) is 29.6 Å². The van der Waals surface area contributed by atoms with Crippen LogP contribution in [0.3, 0.4) is 0 Å². The van der Waals surface area contributed by atoms with Gasteiger partial charge in [-0.15, -0.1) is 0 Å². The van der Waals surface area contributed by atoms with E-state index in [0.29, 0.717) is 59.8 Å².